The van der Waals surface area contributed by atoms with Crippen LogP contribution in [0.4, 0.5) is 0 Å². The van der Waals surface area contributed by atoms with Crippen LogP contribution in [0.15, 0.2) is 24.3 Å². The summed E-state index contributed by atoms with van der Waals surface area (Å²) in [4.78, 5) is 0. The maximum atomic E-state index is 5.90. The fourth-order valence-electron chi connectivity index (χ4n) is 2.45. The van der Waals surface area contributed by atoms with Crippen LogP contribution in [0.5, 0.6) is 0 Å². The van der Waals surface area contributed by atoms with Crippen LogP contribution in [-0.2, 0) is 11.3 Å². The van der Waals surface area contributed by atoms with Crippen molar-refractivity contribution in [1.29, 1.82) is 0 Å². The van der Waals surface area contributed by atoms with Crippen molar-refractivity contribution < 1.29 is 4.74 Å². The molecule has 0 spiro atoms. The molecule has 3 rings (SSSR count). The molecule has 90 valence electrons. The van der Waals surface area contributed by atoms with Crippen molar-refractivity contribution in [3.05, 3.63) is 30.0 Å². The summed E-state index contributed by atoms with van der Waals surface area (Å²) in [7, 11) is 1.96. The highest BCUT2D eigenvalue weighted by Gasteiger charge is 2.28. The minimum atomic E-state index is 0.0844. The number of rotatable bonds is 2. The molecule has 0 aliphatic carbocycles. The lowest BCUT2D eigenvalue weighted by atomic mass is 10.0. The minimum absolute atomic E-state index is 0.0844. The number of likely N-dealkylation sites (N-methyl/N-ethyl adjacent to an activating group) is 1. The summed E-state index contributed by atoms with van der Waals surface area (Å²) < 4.78 is 7.99. The molecule has 0 fully saturated rings. The lowest BCUT2D eigenvalue weighted by Crippen LogP contribution is -2.35. The molecule has 17 heavy (non-hydrogen) atoms. The van der Waals surface area contributed by atoms with Crippen molar-refractivity contribution in [1.82, 2.24) is 15.1 Å². The molecular weight excluding hydrogens is 214 g/mol. The smallest absolute Gasteiger partial charge is 0.115 e. The molecule has 2 atom stereocenters. The molecule has 0 unspecified atom stereocenters. The van der Waals surface area contributed by atoms with Crippen molar-refractivity contribution in [2.75, 3.05) is 13.7 Å². The Bertz CT molecular complexity index is 534. The normalized spacial score (nSPS) is 21.4. The Morgan fingerprint density at radius 2 is 2.29 bits per heavy atom. The van der Waals surface area contributed by atoms with E-state index in [0.717, 1.165) is 18.7 Å². The van der Waals surface area contributed by atoms with E-state index in [0.29, 0.717) is 0 Å². The summed E-state index contributed by atoms with van der Waals surface area (Å²) in [6.07, 6.45) is 0.0844. The van der Waals surface area contributed by atoms with Gasteiger partial charge in [-0.3, -0.25) is 4.68 Å². The molecule has 1 N–H and O–H groups in total. The SMILES string of the molecule is CN[C@@H](C)[C@H]1OCCn2nc3ccccc3c21. The fraction of sp³-hybridized carbons (Fsp3) is 0.462. The molecule has 4 heteroatoms. The third-order valence-corrected chi connectivity index (χ3v) is 3.47. The van der Waals surface area contributed by atoms with Gasteiger partial charge in [-0.1, -0.05) is 18.2 Å². The molecule has 1 aromatic carbocycles. The second-order valence-electron chi connectivity index (χ2n) is 4.49. The summed E-state index contributed by atoms with van der Waals surface area (Å²) in [5.74, 6) is 0. The second kappa shape index (κ2) is 4.13. The number of benzene rings is 1. The molecule has 4 nitrogen and oxygen atoms in total. The van der Waals surface area contributed by atoms with Gasteiger partial charge < -0.3 is 10.1 Å². The van der Waals surface area contributed by atoms with E-state index < -0.39 is 0 Å². The summed E-state index contributed by atoms with van der Waals surface area (Å²) in [6.45, 7) is 3.72. The molecule has 0 radical (unpaired) electrons. The van der Waals surface area contributed by atoms with Gasteiger partial charge in [-0.15, -0.1) is 0 Å². The van der Waals surface area contributed by atoms with Gasteiger partial charge in [-0.2, -0.15) is 5.10 Å². The van der Waals surface area contributed by atoms with Crippen molar-refractivity contribution in [3.63, 3.8) is 0 Å². The quantitative estimate of drug-likeness (QED) is 0.855. The Labute approximate surface area is 101 Å². The van der Waals surface area contributed by atoms with E-state index in [2.05, 4.69) is 40.2 Å². The van der Waals surface area contributed by atoms with E-state index in [1.807, 2.05) is 13.1 Å². The van der Waals surface area contributed by atoms with E-state index in [1.165, 1.54) is 11.1 Å². The largest absolute Gasteiger partial charge is 0.368 e. The Morgan fingerprint density at radius 1 is 1.47 bits per heavy atom. The lowest BCUT2D eigenvalue weighted by molar-refractivity contribution is -0.000832. The van der Waals surface area contributed by atoms with E-state index in [1.54, 1.807) is 0 Å². The van der Waals surface area contributed by atoms with Gasteiger partial charge in [-0.25, -0.2) is 0 Å². The number of hydrogen-bond donors (Lipinski definition) is 1. The molecule has 2 aromatic rings. The van der Waals surface area contributed by atoms with E-state index in [9.17, 15) is 0 Å². The lowest BCUT2D eigenvalue weighted by Gasteiger charge is -2.29. The van der Waals surface area contributed by atoms with Gasteiger partial charge in [-0.05, 0) is 20.0 Å². The van der Waals surface area contributed by atoms with Crippen LogP contribution >= 0.6 is 0 Å². The molecular formula is C13H17N3O. The molecule has 0 saturated carbocycles. The molecule has 1 aromatic heterocycles. The number of hydrogen-bond acceptors (Lipinski definition) is 3. The van der Waals surface area contributed by atoms with E-state index >= 15 is 0 Å². The van der Waals surface area contributed by atoms with Crippen molar-refractivity contribution in [2.24, 2.45) is 0 Å². The Kier molecular flexibility index (Phi) is 2.61. The number of ether oxygens (including phenoxy) is 1. The first-order valence-electron chi connectivity index (χ1n) is 6.05. The number of nitrogens with zero attached hydrogens (tertiary/aromatic N) is 2. The van der Waals surface area contributed by atoms with Gasteiger partial charge in [0.25, 0.3) is 0 Å². The van der Waals surface area contributed by atoms with E-state index in [-0.39, 0.29) is 12.1 Å². The number of aromatic nitrogens is 2. The summed E-state index contributed by atoms with van der Waals surface area (Å²) in [5, 5.41) is 9.10. The molecule has 0 saturated heterocycles. The third-order valence-electron chi connectivity index (χ3n) is 3.47. The summed E-state index contributed by atoms with van der Waals surface area (Å²) in [6, 6.07) is 8.55. The van der Waals surface area contributed by atoms with Crippen molar-refractivity contribution >= 4 is 10.9 Å². The topological polar surface area (TPSA) is 39.1 Å². The van der Waals surface area contributed by atoms with E-state index in [4.69, 9.17) is 4.74 Å². The highest BCUT2D eigenvalue weighted by atomic mass is 16.5. The minimum Gasteiger partial charge on any atom is -0.368 e. The standard InChI is InChI=1S/C13H17N3O/c1-9(14-2)13-12-10-5-3-4-6-11(10)15-16(12)7-8-17-13/h3-6,9,13-14H,7-8H2,1-2H3/t9-,13+/m0/s1. The molecule has 2 heterocycles. The van der Waals surface area contributed by atoms with Gasteiger partial charge >= 0.3 is 0 Å². The van der Waals surface area contributed by atoms with Gasteiger partial charge in [0.15, 0.2) is 0 Å². The zero-order valence-corrected chi connectivity index (χ0v) is 10.2. The zero-order chi connectivity index (χ0) is 11.8. The number of nitrogens with one attached hydrogen (secondary N) is 1. The second-order valence-corrected chi connectivity index (χ2v) is 4.49. The number of fused-ring (bicyclic) bond motifs is 3. The Balaban J connectivity index is 2.17. The monoisotopic (exact) mass is 231 g/mol. The maximum Gasteiger partial charge on any atom is 0.115 e. The summed E-state index contributed by atoms with van der Waals surface area (Å²) in [5.41, 5.74) is 2.26. The first-order valence-corrected chi connectivity index (χ1v) is 6.05. The van der Waals surface area contributed by atoms with Crippen molar-refractivity contribution in [2.45, 2.75) is 25.6 Å². The third kappa shape index (κ3) is 1.64. The molecule has 1 aliphatic rings. The Morgan fingerprint density at radius 3 is 3.12 bits per heavy atom. The van der Waals surface area contributed by atoms with Crippen molar-refractivity contribution in [3.8, 4) is 0 Å². The van der Waals surface area contributed by atoms with Crippen LogP contribution in [0.3, 0.4) is 0 Å². The first kappa shape index (κ1) is 10.7. The van der Waals surface area contributed by atoms with Gasteiger partial charge in [0.1, 0.15) is 6.10 Å². The first-order chi connectivity index (χ1) is 8.31. The van der Waals surface area contributed by atoms with Crippen LogP contribution in [0.1, 0.15) is 18.7 Å². The van der Waals surface area contributed by atoms with Crippen LogP contribution in [-0.4, -0.2) is 29.5 Å². The average Bonchev–Trinajstić information content (AvgIpc) is 2.76. The average molecular weight is 231 g/mol. The van der Waals surface area contributed by atoms with Crippen LogP contribution in [0, 0.1) is 0 Å². The highest BCUT2D eigenvalue weighted by Crippen LogP contribution is 2.31. The van der Waals surface area contributed by atoms with Gasteiger partial charge in [0, 0.05) is 11.4 Å². The van der Waals surface area contributed by atoms with Crippen LogP contribution < -0.4 is 5.32 Å². The predicted octanol–water partition coefficient (Wildman–Crippen LogP) is 1.72. The summed E-state index contributed by atoms with van der Waals surface area (Å²) >= 11 is 0. The zero-order valence-electron chi connectivity index (χ0n) is 10.2. The highest BCUT2D eigenvalue weighted by molar-refractivity contribution is 5.82. The fourth-order valence-corrected chi connectivity index (χ4v) is 2.45. The van der Waals surface area contributed by atoms with Gasteiger partial charge in [0.05, 0.1) is 24.4 Å². The molecule has 1 aliphatic heterocycles. The Hall–Kier alpha value is -1.39. The maximum absolute atomic E-state index is 5.90. The molecule has 0 bridgehead atoms. The molecule has 0 amide bonds. The van der Waals surface area contributed by atoms with Crippen LogP contribution in [0.2, 0.25) is 0 Å². The van der Waals surface area contributed by atoms with Gasteiger partial charge in [0.2, 0.25) is 0 Å². The predicted molar refractivity (Wildman–Crippen MR) is 66.9 cm³/mol. The van der Waals surface area contributed by atoms with Crippen LogP contribution in [0.25, 0.3) is 10.9 Å².